The quantitative estimate of drug-likeness (QED) is 0.403. The molecule has 0 saturated carbocycles. The molecule has 0 aliphatic carbocycles. The van der Waals surface area contributed by atoms with Gasteiger partial charge in [0.05, 0.1) is 10.2 Å². The molecule has 0 saturated heterocycles. The summed E-state index contributed by atoms with van der Waals surface area (Å²) in [5.74, 6) is 1.11. The number of rotatable bonds is 6. The van der Waals surface area contributed by atoms with Crippen molar-refractivity contribution in [3.8, 4) is 5.75 Å². The van der Waals surface area contributed by atoms with E-state index in [1.165, 1.54) is 0 Å². The molecule has 0 radical (unpaired) electrons. The van der Waals surface area contributed by atoms with Crippen LogP contribution in [0.1, 0.15) is 19.4 Å². The molecule has 0 fully saturated rings. The molecular formula is C14H19Br2NO2S. The normalized spacial score (nSPS) is 13.9. The highest BCUT2D eigenvalue weighted by Crippen LogP contribution is 2.17. The summed E-state index contributed by atoms with van der Waals surface area (Å²) in [6.07, 6.45) is 0.457. The monoisotopic (exact) mass is 423 g/mol. The lowest BCUT2D eigenvalue weighted by Gasteiger charge is -2.17. The van der Waals surface area contributed by atoms with E-state index in [1.54, 1.807) is 6.07 Å². The van der Waals surface area contributed by atoms with Crippen molar-refractivity contribution in [3.63, 3.8) is 0 Å². The minimum absolute atomic E-state index is 0.0330. The summed E-state index contributed by atoms with van der Waals surface area (Å²) in [5, 5.41) is 3.03. The number of halogens is 2. The van der Waals surface area contributed by atoms with Crippen LogP contribution in [0.25, 0.3) is 0 Å². The Balaban J connectivity index is 2.57. The number of carbonyl (C=O) groups is 1. The molecule has 0 spiro atoms. The molecule has 2 unspecified atom stereocenters. The van der Waals surface area contributed by atoms with Crippen molar-refractivity contribution >= 4 is 50.6 Å². The number of hydrogen-bond acceptors (Lipinski definition) is 3. The van der Waals surface area contributed by atoms with Crippen LogP contribution in [-0.4, -0.2) is 21.6 Å². The van der Waals surface area contributed by atoms with Crippen LogP contribution < -0.4 is 10.1 Å². The first-order valence-corrected chi connectivity index (χ1v) is 8.93. The molecule has 6 heteroatoms. The van der Waals surface area contributed by atoms with Crippen LogP contribution in [0.3, 0.4) is 0 Å². The zero-order valence-electron chi connectivity index (χ0n) is 11.5. The summed E-state index contributed by atoms with van der Waals surface area (Å²) in [6, 6.07) is 7.59. The van der Waals surface area contributed by atoms with Crippen LogP contribution in [0.2, 0.25) is 0 Å². The molecule has 1 rings (SSSR count). The Hall–Kier alpha value is -0.200. The minimum Gasteiger partial charge on any atom is -0.410 e. The lowest BCUT2D eigenvalue weighted by atomic mass is 10.0. The zero-order valence-corrected chi connectivity index (χ0v) is 15.5. The van der Waals surface area contributed by atoms with Gasteiger partial charge in [-0.25, -0.2) is 4.79 Å². The Bertz CT molecular complexity index is 443. The van der Waals surface area contributed by atoms with Crippen LogP contribution in [0, 0.1) is 5.92 Å². The average Bonchev–Trinajstić information content (AvgIpc) is 2.37. The predicted octanol–water partition coefficient (Wildman–Crippen LogP) is 4.39. The van der Waals surface area contributed by atoms with Gasteiger partial charge in [0.15, 0.2) is 0 Å². The van der Waals surface area contributed by atoms with E-state index in [-0.39, 0.29) is 10.2 Å². The van der Waals surface area contributed by atoms with Crippen molar-refractivity contribution < 1.29 is 9.53 Å². The molecule has 3 nitrogen and oxygen atoms in total. The first-order chi connectivity index (χ1) is 9.42. The smallest absolute Gasteiger partial charge is 0.410 e. The van der Waals surface area contributed by atoms with Gasteiger partial charge in [0.2, 0.25) is 0 Å². The summed E-state index contributed by atoms with van der Waals surface area (Å²) in [4.78, 5) is 11.8. The van der Waals surface area contributed by atoms with Gasteiger partial charge in [-0.3, -0.25) is 0 Å². The first-order valence-electron chi connectivity index (χ1n) is 6.37. The fourth-order valence-corrected chi connectivity index (χ4v) is 2.65. The second-order valence-corrected chi connectivity index (χ2v) is 7.27. The molecule has 1 aromatic carbocycles. The van der Waals surface area contributed by atoms with E-state index < -0.39 is 6.09 Å². The number of hydrogen-bond donors (Lipinski definition) is 2. The lowest BCUT2D eigenvalue weighted by Crippen LogP contribution is -2.39. The molecule has 20 heavy (non-hydrogen) atoms. The van der Waals surface area contributed by atoms with Gasteiger partial charge in [0.1, 0.15) is 5.75 Å². The van der Waals surface area contributed by atoms with Gasteiger partial charge in [0, 0.05) is 5.33 Å². The highest BCUT2D eigenvalue weighted by atomic mass is 79.9. The molecule has 0 bridgehead atoms. The van der Waals surface area contributed by atoms with Gasteiger partial charge >= 0.3 is 6.09 Å². The minimum atomic E-state index is -0.503. The van der Waals surface area contributed by atoms with E-state index in [2.05, 4.69) is 63.7 Å². The van der Waals surface area contributed by atoms with Gasteiger partial charge in [-0.05, 0) is 30.0 Å². The van der Waals surface area contributed by atoms with E-state index in [9.17, 15) is 4.79 Å². The SMILES string of the molecule is CC(C)Cc1cccc(OC(=O)NC(S)C(Br)CBr)c1. The standard InChI is InChI=1S/C14H19Br2NO2S/c1-9(2)6-10-4-3-5-11(7-10)19-14(18)17-13(20)12(16)8-15/h3-5,7,9,12-13,20H,6,8H2,1-2H3,(H,17,18). The third-order valence-corrected chi connectivity index (χ3v) is 5.83. The van der Waals surface area contributed by atoms with Crippen LogP contribution in [0.4, 0.5) is 4.79 Å². The summed E-state index contributed by atoms with van der Waals surface area (Å²) in [6.45, 7) is 4.31. The Morgan fingerprint density at radius 2 is 2.15 bits per heavy atom. The maximum Gasteiger partial charge on any atom is 0.413 e. The van der Waals surface area contributed by atoms with Crippen molar-refractivity contribution in [2.24, 2.45) is 5.92 Å². The van der Waals surface area contributed by atoms with E-state index in [0.29, 0.717) is 17.0 Å². The first kappa shape index (κ1) is 17.9. The van der Waals surface area contributed by atoms with Crippen LogP contribution >= 0.6 is 44.5 Å². The van der Waals surface area contributed by atoms with Crippen molar-refractivity contribution in [2.45, 2.75) is 30.5 Å². The maximum atomic E-state index is 11.8. The maximum absolute atomic E-state index is 11.8. The Kier molecular flexibility index (Phi) is 7.99. The average molecular weight is 425 g/mol. The molecule has 0 aromatic heterocycles. The Morgan fingerprint density at radius 1 is 1.45 bits per heavy atom. The van der Waals surface area contributed by atoms with E-state index in [4.69, 9.17) is 4.74 Å². The molecule has 1 aromatic rings. The summed E-state index contributed by atoms with van der Waals surface area (Å²) >= 11 is 11.0. The second kappa shape index (κ2) is 8.95. The molecule has 0 aliphatic rings. The third kappa shape index (κ3) is 6.50. The lowest BCUT2D eigenvalue weighted by molar-refractivity contribution is 0.199. The number of thiol groups is 1. The Labute approximate surface area is 142 Å². The van der Waals surface area contributed by atoms with Gasteiger partial charge in [-0.15, -0.1) is 0 Å². The van der Waals surface area contributed by atoms with Crippen molar-refractivity contribution in [3.05, 3.63) is 29.8 Å². The zero-order chi connectivity index (χ0) is 15.1. The van der Waals surface area contributed by atoms with E-state index >= 15 is 0 Å². The fourth-order valence-electron chi connectivity index (χ4n) is 1.64. The molecule has 0 heterocycles. The van der Waals surface area contributed by atoms with Crippen LogP contribution in [0.15, 0.2) is 24.3 Å². The number of amides is 1. The van der Waals surface area contributed by atoms with E-state index in [0.717, 1.165) is 12.0 Å². The van der Waals surface area contributed by atoms with Crippen molar-refractivity contribution in [2.75, 3.05) is 5.33 Å². The number of carbonyl (C=O) groups excluding carboxylic acids is 1. The molecule has 2 atom stereocenters. The van der Waals surface area contributed by atoms with Gasteiger partial charge < -0.3 is 10.1 Å². The summed E-state index contributed by atoms with van der Waals surface area (Å²) < 4.78 is 5.27. The number of ether oxygens (including phenoxy) is 1. The van der Waals surface area contributed by atoms with Crippen LogP contribution in [0.5, 0.6) is 5.75 Å². The third-order valence-electron chi connectivity index (χ3n) is 2.51. The summed E-state index contributed by atoms with van der Waals surface area (Å²) in [7, 11) is 0. The highest BCUT2D eigenvalue weighted by Gasteiger charge is 2.17. The van der Waals surface area contributed by atoms with Gasteiger partial charge in [0.25, 0.3) is 0 Å². The molecule has 112 valence electrons. The molecule has 1 N–H and O–H groups in total. The number of nitrogens with one attached hydrogen (secondary N) is 1. The van der Waals surface area contributed by atoms with Gasteiger partial charge in [-0.2, -0.15) is 12.6 Å². The molecule has 1 amide bonds. The topological polar surface area (TPSA) is 38.3 Å². The molecule has 0 aliphatic heterocycles. The van der Waals surface area contributed by atoms with Gasteiger partial charge in [-0.1, -0.05) is 57.8 Å². The van der Waals surface area contributed by atoms with Crippen molar-refractivity contribution in [1.82, 2.24) is 5.32 Å². The van der Waals surface area contributed by atoms with Crippen molar-refractivity contribution in [1.29, 1.82) is 0 Å². The number of alkyl halides is 2. The largest absolute Gasteiger partial charge is 0.413 e. The fraction of sp³-hybridized carbons (Fsp3) is 0.500. The van der Waals surface area contributed by atoms with Crippen LogP contribution in [-0.2, 0) is 6.42 Å². The summed E-state index contributed by atoms with van der Waals surface area (Å²) in [5.41, 5.74) is 1.16. The van der Waals surface area contributed by atoms with E-state index in [1.807, 2.05) is 18.2 Å². The Morgan fingerprint density at radius 3 is 2.75 bits per heavy atom. The second-order valence-electron chi connectivity index (χ2n) is 4.89. The molecular weight excluding hydrogens is 406 g/mol. The highest BCUT2D eigenvalue weighted by molar-refractivity contribution is 9.12. The number of benzene rings is 1. The predicted molar refractivity (Wildman–Crippen MR) is 93.4 cm³/mol.